The van der Waals surface area contributed by atoms with Gasteiger partial charge in [-0.1, -0.05) is 24.6 Å². The number of amides is 1. The van der Waals surface area contributed by atoms with Crippen LogP contribution in [0.5, 0.6) is 0 Å². The molecule has 1 aromatic carbocycles. The van der Waals surface area contributed by atoms with Gasteiger partial charge in [-0.2, -0.15) is 18.3 Å². The Labute approximate surface area is 162 Å². The van der Waals surface area contributed by atoms with Crippen molar-refractivity contribution in [3.8, 4) is 0 Å². The van der Waals surface area contributed by atoms with E-state index in [-0.39, 0.29) is 17.3 Å². The van der Waals surface area contributed by atoms with Gasteiger partial charge in [0.15, 0.2) is 12.3 Å². The molecular formula is C17H15ClF3N3O4. The van der Waals surface area contributed by atoms with E-state index in [1.807, 2.05) is 12.2 Å². The van der Waals surface area contributed by atoms with E-state index in [0.29, 0.717) is 6.42 Å². The lowest BCUT2D eigenvalue weighted by Crippen LogP contribution is -2.26. The van der Waals surface area contributed by atoms with Gasteiger partial charge in [-0.25, -0.2) is 9.48 Å². The van der Waals surface area contributed by atoms with Crippen LogP contribution < -0.4 is 10.9 Å². The number of nitrogens with zero attached hydrogens (tertiary/aromatic N) is 2. The molecule has 0 bridgehead atoms. The molecule has 1 N–H and O–H groups in total. The van der Waals surface area contributed by atoms with E-state index in [4.69, 9.17) is 16.3 Å². The lowest BCUT2D eigenvalue weighted by molar-refractivity contribution is -0.137. The number of nitrogens with one attached hydrogen (secondary N) is 1. The summed E-state index contributed by atoms with van der Waals surface area (Å²) in [7, 11) is 0. The number of esters is 1. The third-order valence-corrected chi connectivity index (χ3v) is 3.74. The van der Waals surface area contributed by atoms with Crippen molar-refractivity contribution in [3.63, 3.8) is 0 Å². The number of ether oxygens (including phenoxy) is 1. The van der Waals surface area contributed by atoms with Crippen molar-refractivity contribution in [2.24, 2.45) is 0 Å². The topological polar surface area (TPSA) is 90.3 Å². The summed E-state index contributed by atoms with van der Waals surface area (Å²) < 4.78 is 44.9. The predicted molar refractivity (Wildman–Crippen MR) is 94.2 cm³/mol. The molecule has 0 aliphatic carbocycles. The quantitative estimate of drug-likeness (QED) is 0.729. The highest BCUT2D eigenvalue weighted by molar-refractivity contribution is 6.34. The minimum atomic E-state index is -4.74. The number of aromatic nitrogens is 2. The molecule has 0 saturated carbocycles. The Hall–Kier alpha value is -2.88. The molecule has 0 radical (unpaired) electrons. The third kappa shape index (κ3) is 5.32. The Kier molecular flexibility index (Phi) is 6.79. The molecule has 11 heteroatoms. The number of rotatable bonds is 6. The second-order valence-electron chi connectivity index (χ2n) is 5.56. The Morgan fingerprint density at radius 3 is 2.61 bits per heavy atom. The predicted octanol–water partition coefficient (Wildman–Crippen LogP) is 3.12. The van der Waals surface area contributed by atoms with Gasteiger partial charge in [0.05, 0.1) is 16.3 Å². The molecule has 0 fully saturated rings. The molecule has 0 spiro atoms. The normalized spacial score (nSPS) is 11.2. The summed E-state index contributed by atoms with van der Waals surface area (Å²) in [5.74, 6) is -2.02. The van der Waals surface area contributed by atoms with Gasteiger partial charge in [0.1, 0.15) is 0 Å². The van der Waals surface area contributed by atoms with Gasteiger partial charge in [0.2, 0.25) is 0 Å². The van der Waals surface area contributed by atoms with Gasteiger partial charge < -0.3 is 10.1 Å². The average molecular weight is 418 g/mol. The van der Waals surface area contributed by atoms with Crippen molar-refractivity contribution in [1.29, 1.82) is 0 Å². The monoisotopic (exact) mass is 417 g/mol. The van der Waals surface area contributed by atoms with Gasteiger partial charge in [-0.15, -0.1) is 0 Å². The summed E-state index contributed by atoms with van der Waals surface area (Å²) in [6, 6.07) is 5.29. The first kappa shape index (κ1) is 21.4. The van der Waals surface area contributed by atoms with E-state index in [2.05, 4.69) is 5.10 Å². The summed E-state index contributed by atoms with van der Waals surface area (Å²) in [4.78, 5) is 35.5. The molecule has 1 heterocycles. The molecule has 0 aliphatic rings. The van der Waals surface area contributed by atoms with Crippen LogP contribution in [0.4, 0.5) is 18.9 Å². The molecule has 1 amide bonds. The van der Waals surface area contributed by atoms with E-state index in [9.17, 15) is 27.6 Å². The van der Waals surface area contributed by atoms with Crippen LogP contribution in [-0.2, 0) is 22.3 Å². The molecule has 2 rings (SSSR count). The standard InChI is InChI=1S/C17H15ClF3N3O4/c1-2-8-24-14(26)7-6-12(23-24)16(27)28-9-13(25)22-15-10(17(19,20)21)4-3-5-11(15)18/h3-7H,2,8-9H2,1H3,(H,22,25). The summed E-state index contributed by atoms with van der Waals surface area (Å²) in [6.07, 6.45) is -4.13. The lowest BCUT2D eigenvalue weighted by atomic mass is 10.1. The maximum Gasteiger partial charge on any atom is 0.418 e. The number of carbonyl (C=O) groups is 2. The number of hydrogen-bond donors (Lipinski definition) is 1. The molecule has 7 nitrogen and oxygen atoms in total. The van der Waals surface area contributed by atoms with E-state index < -0.39 is 41.5 Å². The van der Waals surface area contributed by atoms with Crippen molar-refractivity contribution in [3.05, 3.63) is 57.0 Å². The Morgan fingerprint density at radius 2 is 1.96 bits per heavy atom. The second-order valence-corrected chi connectivity index (χ2v) is 5.97. The molecule has 150 valence electrons. The highest BCUT2D eigenvalue weighted by Crippen LogP contribution is 2.38. The van der Waals surface area contributed by atoms with Gasteiger partial charge in [0, 0.05) is 12.6 Å². The largest absolute Gasteiger partial charge is 0.451 e. The molecular weight excluding hydrogens is 403 g/mol. The highest BCUT2D eigenvalue weighted by atomic mass is 35.5. The van der Waals surface area contributed by atoms with Crippen molar-refractivity contribution in [1.82, 2.24) is 9.78 Å². The average Bonchev–Trinajstić information content (AvgIpc) is 2.62. The maximum absolute atomic E-state index is 13.0. The molecule has 28 heavy (non-hydrogen) atoms. The minimum Gasteiger partial charge on any atom is -0.451 e. The molecule has 0 unspecified atom stereocenters. The van der Waals surface area contributed by atoms with Crippen LogP contribution in [0.2, 0.25) is 5.02 Å². The number of aryl methyl sites for hydroxylation is 1. The van der Waals surface area contributed by atoms with E-state index in [0.717, 1.165) is 28.9 Å². The van der Waals surface area contributed by atoms with Crippen molar-refractivity contribution in [2.75, 3.05) is 11.9 Å². The maximum atomic E-state index is 13.0. The molecule has 0 atom stereocenters. The number of halogens is 4. The van der Waals surface area contributed by atoms with Crippen LogP contribution in [0.15, 0.2) is 35.1 Å². The van der Waals surface area contributed by atoms with Crippen LogP contribution in [0.1, 0.15) is 29.4 Å². The molecule has 1 aromatic heterocycles. The number of hydrogen-bond acceptors (Lipinski definition) is 5. The number of para-hydroxylation sites is 1. The second kappa shape index (κ2) is 8.87. The molecule has 0 saturated heterocycles. The fourth-order valence-corrected chi connectivity index (χ4v) is 2.42. The minimum absolute atomic E-state index is 0.213. The molecule has 2 aromatic rings. The number of carbonyl (C=O) groups excluding carboxylic acids is 2. The smallest absolute Gasteiger partial charge is 0.418 e. The zero-order valence-electron chi connectivity index (χ0n) is 14.5. The number of alkyl halides is 3. The van der Waals surface area contributed by atoms with Gasteiger partial charge in [-0.3, -0.25) is 9.59 Å². The fourth-order valence-electron chi connectivity index (χ4n) is 2.20. The first-order valence-corrected chi connectivity index (χ1v) is 8.42. The zero-order valence-corrected chi connectivity index (χ0v) is 15.3. The summed E-state index contributed by atoms with van der Waals surface area (Å²) >= 11 is 5.74. The summed E-state index contributed by atoms with van der Waals surface area (Å²) in [5.41, 5.74) is -2.38. The number of anilines is 1. The Bertz CT molecular complexity index is 944. The van der Waals surface area contributed by atoms with Gasteiger partial charge in [-0.05, 0) is 24.6 Å². The highest BCUT2D eigenvalue weighted by Gasteiger charge is 2.34. The fraction of sp³-hybridized carbons (Fsp3) is 0.294. The number of benzene rings is 1. The zero-order chi connectivity index (χ0) is 20.9. The first-order valence-electron chi connectivity index (χ1n) is 8.04. The van der Waals surface area contributed by atoms with Crippen LogP contribution in [-0.4, -0.2) is 28.3 Å². The Balaban J connectivity index is 2.07. The van der Waals surface area contributed by atoms with Crippen molar-refractivity contribution in [2.45, 2.75) is 26.1 Å². The van der Waals surface area contributed by atoms with Crippen molar-refractivity contribution >= 4 is 29.2 Å². The van der Waals surface area contributed by atoms with Crippen LogP contribution in [0.3, 0.4) is 0 Å². The van der Waals surface area contributed by atoms with Gasteiger partial charge in [0.25, 0.3) is 11.5 Å². The van der Waals surface area contributed by atoms with Crippen LogP contribution in [0.25, 0.3) is 0 Å². The molecule has 0 aliphatic heterocycles. The summed E-state index contributed by atoms with van der Waals surface area (Å²) in [5, 5.41) is 5.48. The first-order chi connectivity index (χ1) is 13.1. The van der Waals surface area contributed by atoms with E-state index in [1.165, 1.54) is 6.07 Å². The lowest BCUT2D eigenvalue weighted by Gasteiger charge is -2.15. The van der Waals surface area contributed by atoms with Crippen LogP contribution >= 0.6 is 11.6 Å². The third-order valence-electron chi connectivity index (χ3n) is 3.43. The van der Waals surface area contributed by atoms with Crippen LogP contribution in [0, 0.1) is 0 Å². The Morgan fingerprint density at radius 1 is 1.25 bits per heavy atom. The van der Waals surface area contributed by atoms with Crippen molar-refractivity contribution < 1.29 is 27.5 Å². The van der Waals surface area contributed by atoms with E-state index >= 15 is 0 Å². The SMILES string of the molecule is CCCn1nc(C(=O)OCC(=O)Nc2c(Cl)cccc2C(F)(F)F)ccc1=O. The summed E-state index contributed by atoms with van der Waals surface area (Å²) in [6.45, 7) is 1.23. The van der Waals surface area contributed by atoms with Gasteiger partial charge >= 0.3 is 12.1 Å². The van der Waals surface area contributed by atoms with E-state index in [1.54, 1.807) is 0 Å².